The molecule has 0 saturated carbocycles. The molecule has 1 aliphatic rings. The molecular weight excluding hydrogens is 290 g/mol. The van der Waals surface area contributed by atoms with Gasteiger partial charge in [-0.05, 0) is 17.7 Å². The van der Waals surface area contributed by atoms with E-state index in [0.29, 0.717) is 0 Å². The predicted molar refractivity (Wildman–Crippen MR) is 74.6 cm³/mol. The van der Waals surface area contributed by atoms with Gasteiger partial charge in [0.25, 0.3) is 0 Å². The van der Waals surface area contributed by atoms with Crippen molar-refractivity contribution in [3.63, 3.8) is 0 Å². The number of Topliss-reactive ketones (excluding diaryl/α,β-unsaturated/α-hetero) is 1. The quantitative estimate of drug-likeness (QED) is 0.697. The maximum Gasteiger partial charge on any atom is 0.181 e. The van der Waals surface area contributed by atoms with Gasteiger partial charge in [-0.2, -0.15) is 0 Å². The molecule has 0 aliphatic carbocycles. The molecule has 3 rings (SSSR count). The molecule has 0 spiro atoms. The molecule has 0 amide bonds. The summed E-state index contributed by atoms with van der Waals surface area (Å²) in [7, 11) is 0. The van der Waals surface area contributed by atoms with E-state index in [0.717, 1.165) is 15.6 Å². The first kappa shape index (κ1) is 11.6. The lowest BCUT2D eigenvalue weighted by molar-refractivity contribution is 0.0988. The smallest absolute Gasteiger partial charge is 0.181 e. The standard InChI is InChI=1S/C15H12BrNO/c16-12-8-6-10(7-9-12)13-14(17-13)15(18)11-4-2-1-3-5-11/h1-9,13-14,17H/t13-,14-/m1/s1. The van der Waals surface area contributed by atoms with Crippen molar-refractivity contribution >= 4 is 21.7 Å². The van der Waals surface area contributed by atoms with Gasteiger partial charge in [0.1, 0.15) is 0 Å². The van der Waals surface area contributed by atoms with Crippen LogP contribution in [0.25, 0.3) is 0 Å². The van der Waals surface area contributed by atoms with Gasteiger partial charge in [-0.15, -0.1) is 0 Å². The highest BCUT2D eigenvalue weighted by atomic mass is 79.9. The first-order chi connectivity index (χ1) is 8.75. The van der Waals surface area contributed by atoms with Gasteiger partial charge in [0, 0.05) is 10.0 Å². The maximum absolute atomic E-state index is 12.2. The molecule has 1 fully saturated rings. The summed E-state index contributed by atoms with van der Waals surface area (Å²) < 4.78 is 1.05. The Hall–Kier alpha value is -1.45. The van der Waals surface area contributed by atoms with E-state index in [1.165, 1.54) is 0 Å². The summed E-state index contributed by atoms with van der Waals surface area (Å²) in [4.78, 5) is 12.2. The first-order valence-electron chi connectivity index (χ1n) is 5.86. The average molecular weight is 302 g/mol. The van der Waals surface area contributed by atoms with Gasteiger partial charge in [-0.25, -0.2) is 0 Å². The fourth-order valence-electron chi connectivity index (χ4n) is 2.11. The third-order valence-electron chi connectivity index (χ3n) is 3.15. The van der Waals surface area contributed by atoms with E-state index in [1.807, 2.05) is 54.6 Å². The number of halogens is 1. The Morgan fingerprint density at radius 2 is 1.67 bits per heavy atom. The highest BCUT2D eigenvalue weighted by Gasteiger charge is 2.43. The molecule has 0 bridgehead atoms. The molecule has 2 aromatic rings. The minimum absolute atomic E-state index is 0.0754. The van der Waals surface area contributed by atoms with Crippen molar-refractivity contribution in [3.8, 4) is 0 Å². The van der Waals surface area contributed by atoms with Gasteiger partial charge in [0.2, 0.25) is 0 Å². The molecule has 2 aromatic carbocycles. The minimum Gasteiger partial charge on any atom is -0.297 e. The van der Waals surface area contributed by atoms with E-state index >= 15 is 0 Å². The molecule has 0 aromatic heterocycles. The second-order valence-electron chi connectivity index (χ2n) is 4.40. The van der Waals surface area contributed by atoms with E-state index < -0.39 is 0 Å². The molecule has 2 atom stereocenters. The lowest BCUT2D eigenvalue weighted by atomic mass is 10.0. The average Bonchev–Trinajstić information content (AvgIpc) is 3.20. The number of carbonyl (C=O) groups is 1. The van der Waals surface area contributed by atoms with Crippen LogP contribution in [0.4, 0.5) is 0 Å². The number of benzene rings is 2. The van der Waals surface area contributed by atoms with E-state index in [2.05, 4.69) is 21.2 Å². The molecule has 1 heterocycles. The zero-order valence-electron chi connectivity index (χ0n) is 9.64. The lowest BCUT2D eigenvalue weighted by Crippen LogP contribution is -2.09. The van der Waals surface area contributed by atoms with Gasteiger partial charge in [0.15, 0.2) is 5.78 Å². The van der Waals surface area contributed by atoms with Crippen LogP contribution >= 0.6 is 15.9 Å². The van der Waals surface area contributed by atoms with Crippen LogP contribution in [0.15, 0.2) is 59.1 Å². The summed E-state index contributed by atoms with van der Waals surface area (Å²) in [6, 6.07) is 17.6. The Morgan fingerprint density at radius 1 is 1.00 bits per heavy atom. The molecule has 0 unspecified atom stereocenters. The highest BCUT2D eigenvalue weighted by Crippen LogP contribution is 2.32. The third kappa shape index (κ3) is 2.24. The Bertz CT molecular complexity index is 565. The summed E-state index contributed by atoms with van der Waals surface area (Å²) in [5, 5.41) is 3.24. The van der Waals surface area contributed by atoms with Crippen LogP contribution in [-0.4, -0.2) is 11.8 Å². The molecule has 1 saturated heterocycles. The molecule has 1 N–H and O–H groups in total. The Kier molecular flexibility index (Phi) is 3.02. The van der Waals surface area contributed by atoms with Gasteiger partial charge < -0.3 is 0 Å². The topological polar surface area (TPSA) is 39.0 Å². The van der Waals surface area contributed by atoms with Gasteiger partial charge in [-0.3, -0.25) is 10.1 Å². The van der Waals surface area contributed by atoms with Crippen molar-refractivity contribution in [1.29, 1.82) is 0 Å². The lowest BCUT2D eigenvalue weighted by Gasteiger charge is -1.99. The number of rotatable bonds is 3. The normalized spacial score (nSPS) is 21.6. The highest BCUT2D eigenvalue weighted by molar-refractivity contribution is 9.10. The fourth-order valence-corrected chi connectivity index (χ4v) is 2.37. The summed E-state index contributed by atoms with van der Waals surface area (Å²) in [6.07, 6.45) is 0. The van der Waals surface area contributed by atoms with E-state index in [9.17, 15) is 4.79 Å². The van der Waals surface area contributed by atoms with Crippen LogP contribution in [-0.2, 0) is 0 Å². The van der Waals surface area contributed by atoms with E-state index in [-0.39, 0.29) is 17.9 Å². The Labute approximate surface area is 114 Å². The van der Waals surface area contributed by atoms with Gasteiger partial charge in [0.05, 0.1) is 12.1 Å². The fraction of sp³-hybridized carbons (Fsp3) is 0.133. The third-order valence-corrected chi connectivity index (χ3v) is 3.68. The van der Waals surface area contributed by atoms with Crippen molar-refractivity contribution in [1.82, 2.24) is 5.32 Å². The van der Waals surface area contributed by atoms with Crippen LogP contribution in [0, 0.1) is 0 Å². The van der Waals surface area contributed by atoms with Crippen molar-refractivity contribution in [2.75, 3.05) is 0 Å². The molecule has 2 nitrogen and oxygen atoms in total. The summed E-state index contributed by atoms with van der Waals surface area (Å²) in [5.41, 5.74) is 1.93. The molecule has 18 heavy (non-hydrogen) atoms. The molecule has 90 valence electrons. The second kappa shape index (κ2) is 4.67. The largest absolute Gasteiger partial charge is 0.297 e. The zero-order chi connectivity index (χ0) is 12.5. The first-order valence-corrected chi connectivity index (χ1v) is 6.66. The number of ketones is 1. The van der Waals surface area contributed by atoms with Crippen LogP contribution in [0.1, 0.15) is 22.0 Å². The second-order valence-corrected chi connectivity index (χ2v) is 5.32. The number of hydrogen-bond donors (Lipinski definition) is 1. The van der Waals surface area contributed by atoms with E-state index in [1.54, 1.807) is 0 Å². The summed E-state index contributed by atoms with van der Waals surface area (Å²) in [5.74, 6) is 0.170. The molecule has 0 radical (unpaired) electrons. The van der Waals surface area contributed by atoms with Crippen molar-refractivity contribution in [2.45, 2.75) is 12.1 Å². The van der Waals surface area contributed by atoms with Crippen LogP contribution in [0.2, 0.25) is 0 Å². The SMILES string of the molecule is O=C(c1ccccc1)[C@@H]1N[C@@H]1c1ccc(Br)cc1. The maximum atomic E-state index is 12.2. The van der Waals surface area contributed by atoms with Gasteiger partial charge in [-0.1, -0.05) is 58.4 Å². The molecule has 3 heteroatoms. The minimum atomic E-state index is -0.0754. The summed E-state index contributed by atoms with van der Waals surface area (Å²) >= 11 is 3.41. The summed E-state index contributed by atoms with van der Waals surface area (Å²) in [6.45, 7) is 0. The predicted octanol–water partition coefficient (Wildman–Crippen LogP) is 3.34. The Morgan fingerprint density at radius 3 is 2.33 bits per heavy atom. The van der Waals surface area contributed by atoms with Crippen LogP contribution in [0.5, 0.6) is 0 Å². The van der Waals surface area contributed by atoms with Crippen LogP contribution in [0.3, 0.4) is 0 Å². The van der Waals surface area contributed by atoms with Gasteiger partial charge >= 0.3 is 0 Å². The van der Waals surface area contributed by atoms with Crippen molar-refractivity contribution < 1.29 is 4.79 Å². The zero-order valence-corrected chi connectivity index (χ0v) is 11.2. The number of carbonyl (C=O) groups excluding carboxylic acids is 1. The van der Waals surface area contributed by atoms with Crippen molar-refractivity contribution in [2.24, 2.45) is 0 Å². The monoisotopic (exact) mass is 301 g/mol. The van der Waals surface area contributed by atoms with Crippen molar-refractivity contribution in [3.05, 3.63) is 70.2 Å². The van der Waals surface area contributed by atoms with E-state index in [4.69, 9.17) is 0 Å². The number of hydrogen-bond acceptors (Lipinski definition) is 2. The molecule has 1 aliphatic heterocycles. The molecular formula is C15H12BrNO. The Balaban J connectivity index is 1.75. The van der Waals surface area contributed by atoms with Crippen LogP contribution < -0.4 is 5.32 Å². The number of nitrogens with one attached hydrogen (secondary N) is 1.